The van der Waals surface area contributed by atoms with Crippen LogP contribution in [0.15, 0.2) is 30.5 Å². The van der Waals surface area contributed by atoms with Crippen LogP contribution < -0.4 is 11.1 Å². The van der Waals surface area contributed by atoms with Crippen molar-refractivity contribution in [3.05, 3.63) is 36.0 Å². The van der Waals surface area contributed by atoms with Crippen molar-refractivity contribution in [2.45, 2.75) is 19.4 Å². The molecular weight excluding hydrogens is 214 g/mol. The second-order valence-corrected chi connectivity index (χ2v) is 4.95. The Hall–Kier alpha value is -1.81. The van der Waals surface area contributed by atoms with E-state index in [2.05, 4.69) is 10.3 Å². The van der Waals surface area contributed by atoms with Crippen LogP contribution in [0.4, 0.5) is 0 Å². The van der Waals surface area contributed by atoms with E-state index in [1.807, 2.05) is 44.3 Å². The molecule has 90 valence electrons. The van der Waals surface area contributed by atoms with Crippen molar-refractivity contribution in [3.8, 4) is 0 Å². The molecule has 0 spiro atoms. The fourth-order valence-corrected chi connectivity index (χ4v) is 1.60. The third-order valence-electron chi connectivity index (χ3n) is 2.52. The smallest absolute Gasteiger partial charge is 0.251 e. The lowest BCUT2D eigenvalue weighted by Gasteiger charge is -2.18. The maximum atomic E-state index is 11.9. The van der Waals surface area contributed by atoms with Crippen LogP contribution in [0.3, 0.4) is 0 Å². The highest BCUT2D eigenvalue weighted by Gasteiger charge is 2.13. The molecule has 0 aliphatic carbocycles. The molecule has 1 heterocycles. The number of H-pyrrole nitrogens is 1. The zero-order chi connectivity index (χ0) is 12.5. The van der Waals surface area contributed by atoms with E-state index in [1.54, 1.807) is 0 Å². The standard InChI is InChI=1S/C13H17N3O/c1-13(2,14)8-16-12(17)10-4-3-9-5-6-15-11(9)7-10/h3-7,15H,8,14H2,1-2H3,(H,16,17). The van der Waals surface area contributed by atoms with E-state index in [9.17, 15) is 4.79 Å². The van der Waals surface area contributed by atoms with Crippen molar-refractivity contribution >= 4 is 16.8 Å². The second-order valence-electron chi connectivity index (χ2n) is 4.95. The number of carbonyl (C=O) groups excluding carboxylic acids is 1. The summed E-state index contributed by atoms with van der Waals surface area (Å²) in [5.41, 5.74) is 7.02. The van der Waals surface area contributed by atoms with Crippen LogP contribution in [0.1, 0.15) is 24.2 Å². The average Bonchev–Trinajstić information content (AvgIpc) is 2.71. The molecule has 1 aromatic heterocycles. The van der Waals surface area contributed by atoms with Gasteiger partial charge in [-0.15, -0.1) is 0 Å². The van der Waals surface area contributed by atoms with Crippen molar-refractivity contribution in [1.29, 1.82) is 0 Å². The topological polar surface area (TPSA) is 70.9 Å². The molecule has 0 radical (unpaired) electrons. The molecule has 4 N–H and O–H groups in total. The number of aromatic amines is 1. The average molecular weight is 231 g/mol. The van der Waals surface area contributed by atoms with E-state index >= 15 is 0 Å². The van der Waals surface area contributed by atoms with E-state index < -0.39 is 5.54 Å². The Bertz CT molecular complexity index is 537. The zero-order valence-electron chi connectivity index (χ0n) is 10.1. The van der Waals surface area contributed by atoms with Gasteiger partial charge in [-0.25, -0.2) is 0 Å². The van der Waals surface area contributed by atoms with Gasteiger partial charge in [-0.1, -0.05) is 6.07 Å². The number of aromatic nitrogens is 1. The summed E-state index contributed by atoms with van der Waals surface area (Å²) >= 11 is 0. The first kappa shape index (κ1) is 11.7. The van der Waals surface area contributed by atoms with Gasteiger partial charge < -0.3 is 16.0 Å². The molecule has 4 heteroatoms. The Morgan fingerprint density at radius 1 is 1.41 bits per heavy atom. The summed E-state index contributed by atoms with van der Waals surface area (Å²) in [6, 6.07) is 7.55. The van der Waals surface area contributed by atoms with Gasteiger partial charge in [0, 0.05) is 29.4 Å². The number of fused-ring (bicyclic) bond motifs is 1. The fourth-order valence-electron chi connectivity index (χ4n) is 1.60. The van der Waals surface area contributed by atoms with Crippen LogP contribution in [-0.2, 0) is 0 Å². The van der Waals surface area contributed by atoms with Gasteiger partial charge in [-0.3, -0.25) is 4.79 Å². The fraction of sp³-hybridized carbons (Fsp3) is 0.308. The number of carbonyl (C=O) groups is 1. The Morgan fingerprint density at radius 2 is 2.18 bits per heavy atom. The number of hydrogen-bond acceptors (Lipinski definition) is 2. The van der Waals surface area contributed by atoms with E-state index in [1.165, 1.54) is 0 Å². The highest BCUT2D eigenvalue weighted by Crippen LogP contribution is 2.14. The van der Waals surface area contributed by atoms with Gasteiger partial charge in [-0.05, 0) is 37.4 Å². The first-order chi connectivity index (χ1) is 7.96. The minimum absolute atomic E-state index is 0.0972. The molecule has 1 aromatic carbocycles. The number of amides is 1. The molecule has 17 heavy (non-hydrogen) atoms. The van der Waals surface area contributed by atoms with E-state index in [-0.39, 0.29) is 5.91 Å². The molecule has 2 aromatic rings. The van der Waals surface area contributed by atoms with Gasteiger partial charge in [0.2, 0.25) is 0 Å². The van der Waals surface area contributed by atoms with Crippen LogP contribution in [0.25, 0.3) is 10.9 Å². The predicted molar refractivity (Wildman–Crippen MR) is 68.9 cm³/mol. The predicted octanol–water partition coefficient (Wildman–Crippen LogP) is 1.63. The maximum Gasteiger partial charge on any atom is 0.251 e. The molecule has 2 rings (SSSR count). The van der Waals surface area contributed by atoms with Crippen LogP contribution in [0, 0.1) is 0 Å². The number of hydrogen-bond donors (Lipinski definition) is 3. The van der Waals surface area contributed by atoms with Crippen molar-refractivity contribution < 1.29 is 4.79 Å². The highest BCUT2D eigenvalue weighted by atomic mass is 16.1. The Balaban J connectivity index is 2.13. The lowest BCUT2D eigenvalue weighted by atomic mass is 10.1. The summed E-state index contributed by atoms with van der Waals surface area (Å²) in [5.74, 6) is -0.0972. The SMILES string of the molecule is CC(C)(N)CNC(=O)c1ccc2cc[nH]c2c1. The molecule has 1 amide bonds. The lowest BCUT2D eigenvalue weighted by molar-refractivity contribution is 0.0946. The molecule has 0 aliphatic heterocycles. The summed E-state index contributed by atoms with van der Waals surface area (Å²) < 4.78 is 0. The first-order valence-electron chi connectivity index (χ1n) is 5.60. The number of nitrogens with one attached hydrogen (secondary N) is 2. The molecule has 0 bridgehead atoms. The van der Waals surface area contributed by atoms with Crippen molar-refractivity contribution in [2.24, 2.45) is 5.73 Å². The third kappa shape index (κ3) is 2.85. The minimum atomic E-state index is -0.397. The summed E-state index contributed by atoms with van der Waals surface area (Å²) in [4.78, 5) is 15.0. The van der Waals surface area contributed by atoms with E-state index in [0.717, 1.165) is 10.9 Å². The van der Waals surface area contributed by atoms with Gasteiger partial charge in [0.05, 0.1) is 0 Å². The Kier molecular flexibility index (Phi) is 2.90. The molecule has 0 atom stereocenters. The summed E-state index contributed by atoms with van der Waals surface area (Å²) in [6.07, 6.45) is 1.86. The van der Waals surface area contributed by atoms with Crippen molar-refractivity contribution in [2.75, 3.05) is 6.54 Å². The number of benzene rings is 1. The summed E-state index contributed by atoms with van der Waals surface area (Å²) in [7, 11) is 0. The maximum absolute atomic E-state index is 11.9. The van der Waals surface area contributed by atoms with Gasteiger partial charge in [0.1, 0.15) is 0 Å². The molecule has 0 fully saturated rings. The first-order valence-corrected chi connectivity index (χ1v) is 5.60. The van der Waals surface area contributed by atoms with Gasteiger partial charge in [-0.2, -0.15) is 0 Å². The quantitative estimate of drug-likeness (QED) is 0.751. The molecule has 0 saturated heterocycles. The minimum Gasteiger partial charge on any atom is -0.361 e. The largest absolute Gasteiger partial charge is 0.361 e. The summed E-state index contributed by atoms with van der Waals surface area (Å²) in [5, 5.41) is 3.92. The van der Waals surface area contributed by atoms with Gasteiger partial charge in [0.15, 0.2) is 0 Å². The monoisotopic (exact) mass is 231 g/mol. The van der Waals surface area contributed by atoms with E-state index in [4.69, 9.17) is 5.73 Å². The van der Waals surface area contributed by atoms with Crippen LogP contribution in [0.5, 0.6) is 0 Å². The third-order valence-corrected chi connectivity index (χ3v) is 2.52. The molecule has 0 unspecified atom stereocenters. The van der Waals surface area contributed by atoms with Crippen molar-refractivity contribution in [3.63, 3.8) is 0 Å². The normalized spacial score (nSPS) is 11.7. The van der Waals surface area contributed by atoms with Crippen LogP contribution in [0.2, 0.25) is 0 Å². The molecule has 0 aliphatic rings. The summed E-state index contributed by atoms with van der Waals surface area (Å²) in [6.45, 7) is 4.21. The van der Waals surface area contributed by atoms with E-state index in [0.29, 0.717) is 12.1 Å². The molecule has 0 saturated carbocycles. The lowest BCUT2D eigenvalue weighted by Crippen LogP contribution is -2.45. The van der Waals surface area contributed by atoms with Crippen LogP contribution in [-0.4, -0.2) is 23.0 Å². The Labute approximate surface area is 100 Å². The van der Waals surface area contributed by atoms with Crippen molar-refractivity contribution in [1.82, 2.24) is 10.3 Å². The highest BCUT2D eigenvalue weighted by molar-refractivity contribution is 5.97. The number of nitrogens with two attached hydrogens (primary N) is 1. The van der Waals surface area contributed by atoms with Gasteiger partial charge in [0.25, 0.3) is 5.91 Å². The number of rotatable bonds is 3. The molecule has 4 nitrogen and oxygen atoms in total. The zero-order valence-corrected chi connectivity index (χ0v) is 10.1. The molecular formula is C13H17N3O. The van der Waals surface area contributed by atoms with Gasteiger partial charge >= 0.3 is 0 Å². The van der Waals surface area contributed by atoms with Crippen LogP contribution >= 0.6 is 0 Å². The second kappa shape index (κ2) is 4.22. The Morgan fingerprint density at radius 3 is 2.88 bits per heavy atom.